The molecule has 0 spiro atoms. The van der Waals surface area contributed by atoms with Crippen LogP contribution in [-0.4, -0.2) is 23.4 Å². The first-order valence-corrected chi connectivity index (χ1v) is 3.16. The summed E-state index contributed by atoms with van der Waals surface area (Å²) in [5, 5.41) is 8.92. The SMILES string of the molecule is OC1CCOC(Cl)C1. The highest BCUT2D eigenvalue weighted by molar-refractivity contribution is 6.19. The molecule has 1 aliphatic rings. The van der Waals surface area contributed by atoms with E-state index in [9.17, 15) is 0 Å². The highest BCUT2D eigenvalue weighted by Crippen LogP contribution is 2.15. The van der Waals surface area contributed by atoms with Gasteiger partial charge in [0.15, 0.2) is 0 Å². The number of halogens is 1. The second-order valence-corrected chi connectivity index (χ2v) is 2.45. The molecule has 2 nitrogen and oxygen atoms in total. The van der Waals surface area contributed by atoms with Gasteiger partial charge in [-0.15, -0.1) is 0 Å². The number of aliphatic hydroxyl groups excluding tert-OH is 1. The van der Waals surface area contributed by atoms with E-state index in [1.54, 1.807) is 0 Å². The minimum absolute atomic E-state index is 0.244. The molecular formula is C5H9ClO2. The predicted octanol–water partition coefficient (Wildman–Crippen LogP) is 0.723. The van der Waals surface area contributed by atoms with Crippen LogP contribution in [0.1, 0.15) is 12.8 Å². The predicted molar refractivity (Wildman–Crippen MR) is 30.8 cm³/mol. The van der Waals surface area contributed by atoms with Gasteiger partial charge in [-0.05, 0) is 6.42 Å². The molecule has 3 heteroatoms. The summed E-state index contributed by atoms with van der Waals surface area (Å²) >= 11 is 5.53. The van der Waals surface area contributed by atoms with Crippen molar-refractivity contribution in [3.05, 3.63) is 0 Å². The monoisotopic (exact) mass is 136 g/mol. The van der Waals surface area contributed by atoms with Crippen LogP contribution in [0.15, 0.2) is 0 Å². The Balaban J connectivity index is 2.23. The van der Waals surface area contributed by atoms with Gasteiger partial charge in [0.1, 0.15) is 5.56 Å². The fourth-order valence-corrected chi connectivity index (χ4v) is 1.03. The zero-order valence-electron chi connectivity index (χ0n) is 4.51. The summed E-state index contributed by atoms with van der Waals surface area (Å²) in [6, 6.07) is 0. The van der Waals surface area contributed by atoms with Crippen LogP contribution >= 0.6 is 11.6 Å². The molecule has 0 aromatic carbocycles. The van der Waals surface area contributed by atoms with Crippen molar-refractivity contribution in [1.29, 1.82) is 0 Å². The van der Waals surface area contributed by atoms with Crippen molar-refractivity contribution in [3.8, 4) is 0 Å². The van der Waals surface area contributed by atoms with E-state index in [1.165, 1.54) is 0 Å². The molecule has 0 amide bonds. The third-order valence-corrected chi connectivity index (χ3v) is 1.51. The van der Waals surface area contributed by atoms with E-state index >= 15 is 0 Å². The number of rotatable bonds is 0. The molecule has 1 aliphatic heterocycles. The van der Waals surface area contributed by atoms with Gasteiger partial charge in [-0.2, -0.15) is 0 Å². The molecule has 2 atom stereocenters. The summed E-state index contributed by atoms with van der Waals surface area (Å²) in [5.74, 6) is 0. The van der Waals surface area contributed by atoms with Crippen molar-refractivity contribution < 1.29 is 9.84 Å². The Labute approximate surface area is 53.4 Å². The number of alkyl halides is 1. The maximum Gasteiger partial charge on any atom is 0.133 e. The first-order chi connectivity index (χ1) is 3.79. The zero-order valence-corrected chi connectivity index (χ0v) is 5.27. The molecule has 0 aromatic heterocycles. The summed E-state index contributed by atoms with van der Waals surface area (Å²) in [7, 11) is 0. The minimum Gasteiger partial charge on any atom is -0.393 e. The van der Waals surface area contributed by atoms with Gasteiger partial charge in [-0.25, -0.2) is 0 Å². The lowest BCUT2D eigenvalue weighted by atomic mass is 10.2. The molecule has 0 radical (unpaired) electrons. The standard InChI is InChI=1S/C5H9ClO2/c6-5-3-4(7)1-2-8-5/h4-5,7H,1-3H2. The van der Waals surface area contributed by atoms with Crippen LogP contribution in [-0.2, 0) is 4.74 Å². The Morgan fingerprint density at radius 2 is 2.38 bits per heavy atom. The van der Waals surface area contributed by atoms with Gasteiger partial charge in [0.25, 0.3) is 0 Å². The molecule has 1 heterocycles. The van der Waals surface area contributed by atoms with Crippen LogP contribution in [0.5, 0.6) is 0 Å². The first-order valence-electron chi connectivity index (χ1n) is 2.73. The van der Waals surface area contributed by atoms with Crippen molar-refractivity contribution in [1.82, 2.24) is 0 Å². The van der Waals surface area contributed by atoms with Gasteiger partial charge in [0.05, 0.1) is 12.7 Å². The van der Waals surface area contributed by atoms with E-state index in [0.29, 0.717) is 13.0 Å². The lowest BCUT2D eigenvalue weighted by Crippen LogP contribution is -2.24. The smallest absolute Gasteiger partial charge is 0.133 e. The largest absolute Gasteiger partial charge is 0.393 e. The highest BCUT2D eigenvalue weighted by atomic mass is 35.5. The summed E-state index contributed by atoms with van der Waals surface area (Å²) in [4.78, 5) is 0. The Hall–Kier alpha value is 0.210. The molecule has 0 saturated carbocycles. The lowest BCUT2D eigenvalue weighted by Gasteiger charge is -2.21. The summed E-state index contributed by atoms with van der Waals surface area (Å²) in [5.41, 5.74) is -0.265. The van der Waals surface area contributed by atoms with E-state index < -0.39 is 0 Å². The number of ether oxygens (including phenoxy) is 1. The van der Waals surface area contributed by atoms with E-state index in [1.807, 2.05) is 0 Å². The molecular weight excluding hydrogens is 128 g/mol. The summed E-state index contributed by atoms with van der Waals surface area (Å²) in [6.45, 7) is 0.593. The first kappa shape index (κ1) is 6.33. The van der Waals surface area contributed by atoms with E-state index in [2.05, 4.69) is 0 Å². The molecule has 0 bridgehead atoms. The average Bonchev–Trinajstić information content (AvgIpc) is 1.64. The van der Waals surface area contributed by atoms with E-state index in [-0.39, 0.29) is 11.7 Å². The zero-order chi connectivity index (χ0) is 5.98. The summed E-state index contributed by atoms with van der Waals surface area (Å²) < 4.78 is 4.95. The van der Waals surface area contributed by atoms with Crippen LogP contribution < -0.4 is 0 Å². The van der Waals surface area contributed by atoms with E-state index in [4.69, 9.17) is 21.4 Å². The Morgan fingerprint density at radius 1 is 1.62 bits per heavy atom. The molecule has 1 rings (SSSR count). The number of aliphatic hydroxyl groups is 1. The van der Waals surface area contributed by atoms with Gasteiger partial charge < -0.3 is 9.84 Å². The van der Waals surface area contributed by atoms with Crippen molar-refractivity contribution in [2.24, 2.45) is 0 Å². The van der Waals surface area contributed by atoms with Gasteiger partial charge in [0.2, 0.25) is 0 Å². The molecule has 8 heavy (non-hydrogen) atoms. The maximum atomic E-state index is 8.92. The molecule has 1 saturated heterocycles. The second-order valence-electron chi connectivity index (χ2n) is 1.96. The molecule has 1 N–H and O–H groups in total. The number of hydrogen-bond acceptors (Lipinski definition) is 2. The Morgan fingerprint density at radius 3 is 2.75 bits per heavy atom. The highest BCUT2D eigenvalue weighted by Gasteiger charge is 2.17. The third kappa shape index (κ3) is 1.62. The van der Waals surface area contributed by atoms with Crippen LogP contribution in [0.2, 0.25) is 0 Å². The number of hydrogen-bond donors (Lipinski definition) is 1. The topological polar surface area (TPSA) is 29.5 Å². The quantitative estimate of drug-likeness (QED) is 0.498. The van der Waals surface area contributed by atoms with Gasteiger partial charge >= 0.3 is 0 Å². The average molecular weight is 137 g/mol. The Bertz CT molecular complexity index is 68.8. The fourth-order valence-electron chi connectivity index (χ4n) is 0.732. The van der Waals surface area contributed by atoms with Gasteiger partial charge in [-0.3, -0.25) is 0 Å². The normalized spacial score (nSPS) is 39.8. The third-order valence-electron chi connectivity index (χ3n) is 1.21. The van der Waals surface area contributed by atoms with Crippen LogP contribution in [0.25, 0.3) is 0 Å². The maximum absolute atomic E-state index is 8.92. The van der Waals surface area contributed by atoms with Gasteiger partial charge in [-0.1, -0.05) is 11.6 Å². The molecule has 2 unspecified atom stereocenters. The molecule has 0 aromatic rings. The van der Waals surface area contributed by atoms with Gasteiger partial charge in [0, 0.05) is 6.42 Å². The summed E-state index contributed by atoms with van der Waals surface area (Å²) in [6.07, 6.45) is 1.05. The van der Waals surface area contributed by atoms with Crippen LogP contribution in [0.4, 0.5) is 0 Å². The lowest BCUT2D eigenvalue weighted by molar-refractivity contribution is -0.00598. The van der Waals surface area contributed by atoms with Crippen molar-refractivity contribution in [3.63, 3.8) is 0 Å². The molecule has 1 fully saturated rings. The van der Waals surface area contributed by atoms with Crippen molar-refractivity contribution in [2.75, 3.05) is 6.61 Å². The molecule has 48 valence electrons. The minimum atomic E-state index is -0.265. The van der Waals surface area contributed by atoms with E-state index in [0.717, 1.165) is 6.42 Å². The fraction of sp³-hybridized carbons (Fsp3) is 1.00. The second kappa shape index (κ2) is 2.67. The molecule has 0 aliphatic carbocycles. The van der Waals surface area contributed by atoms with Crippen LogP contribution in [0.3, 0.4) is 0 Å². The van der Waals surface area contributed by atoms with Crippen LogP contribution in [0, 0.1) is 0 Å². The van der Waals surface area contributed by atoms with Crippen molar-refractivity contribution >= 4 is 11.6 Å². The van der Waals surface area contributed by atoms with Crippen molar-refractivity contribution in [2.45, 2.75) is 24.5 Å². The Kier molecular flexibility index (Phi) is 2.11.